The SMILES string of the molecule is Cc1c(-c2ccnc(Nc3ccc(OC(F)(F)F)cc3)n2)c(C)n2c1C(=O)NCC2. The lowest BCUT2D eigenvalue weighted by molar-refractivity contribution is -0.274. The summed E-state index contributed by atoms with van der Waals surface area (Å²) in [6.45, 7) is 5.09. The Balaban J connectivity index is 1.61. The minimum atomic E-state index is -4.74. The summed E-state index contributed by atoms with van der Waals surface area (Å²) in [6.07, 6.45) is -3.16. The van der Waals surface area contributed by atoms with Gasteiger partial charge in [0.25, 0.3) is 5.91 Å². The van der Waals surface area contributed by atoms with E-state index in [0.29, 0.717) is 30.2 Å². The van der Waals surface area contributed by atoms with Gasteiger partial charge in [0.1, 0.15) is 11.4 Å². The molecule has 0 saturated heterocycles. The molecule has 30 heavy (non-hydrogen) atoms. The molecule has 4 rings (SSSR count). The molecule has 0 fully saturated rings. The maximum atomic E-state index is 12.3. The smallest absolute Gasteiger partial charge is 0.406 e. The van der Waals surface area contributed by atoms with Crippen molar-refractivity contribution >= 4 is 17.5 Å². The molecule has 3 heterocycles. The number of amides is 1. The number of halogens is 3. The molecule has 0 aliphatic carbocycles. The minimum Gasteiger partial charge on any atom is -0.406 e. The summed E-state index contributed by atoms with van der Waals surface area (Å²) in [6, 6.07) is 7.04. The van der Waals surface area contributed by atoms with Crippen LogP contribution in [0.5, 0.6) is 5.75 Å². The molecule has 3 aromatic rings. The fourth-order valence-electron chi connectivity index (χ4n) is 3.64. The molecule has 2 aromatic heterocycles. The minimum absolute atomic E-state index is 0.110. The number of aromatic nitrogens is 3. The molecule has 7 nitrogen and oxygen atoms in total. The molecule has 1 aliphatic heterocycles. The van der Waals surface area contributed by atoms with Gasteiger partial charge in [0.05, 0.1) is 5.69 Å². The molecule has 156 valence electrons. The molecule has 1 aliphatic rings. The Labute approximate surface area is 169 Å². The van der Waals surface area contributed by atoms with Gasteiger partial charge in [-0.05, 0) is 49.7 Å². The van der Waals surface area contributed by atoms with Crippen molar-refractivity contribution < 1.29 is 22.7 Å². The van der Waals surface area contributed by atoms with Crippen LogP contribution in [0.25, 0.3) is 11.3 Å². The zero-order valence-electron chi connectivity index (χ0n) is 16.2. The van der Waals surface area contributed by atoms with Gasteiger partial charge in [-0.25, -0.2) is 9.97 Å². The maximum Gasteiger partial charge on any atom is 0.573 e. The summed E-state index contributed by atoms with van der Waals surface area (Å²) < 4.78 is 42.7. The standard InChI is InChI=1S/C20H18F3N5O2/c1-11-16(12(2)28-10-9-24-18(29)17(11)28)15-7-8-25-19(27-15)26-13-3-5-14(6-4-13)30-20(21,22)23/h3-8H,9-10H2,1-2H3,(H,24,29)(H,25,26,27). The second-order valence-electron chi connectivity index (χ2n) is 6.80. The summed E-state index contributed by atoms with van der Waals surface area (Å²) in [4.78, 5) is 21.0. The highest BCUT2D eigenvalue weighted by molar-refractivity contribution is 5.97. The summed E-state index contributed by atoms with van der Waals surface area (Å²) in [5.41, 5.74) is 4.42. The van der Waals surface area contributed by atoms with Crippen molar-refractivity contribution in [2.24, 2.45) is 0 Å². The van der Waals surface area contributed by atoms with Crippen molar-refractivity contribution in [1.29, 1.82) is 0 Å². The van der Waals surface area contributed by atoms with E-state index >= 15 is 0 Å². The van der Waals surface area contributed by atoms with E-state index in [4.69, 9.17) is 0 Å². The van der Waals surface area contributed by atoms with Crippen LogP contribution in [0.1, 0.15) is 21.7 Å². The Morgan fingerprint density at radius 3 is 2.57 bits per heavy atom. The van der Waals surface area contributed by atoms with Crippen molar-refractivity contribution in [2.45, 2.75) is 26.8 Å². The lowest BCUT2D eigenvalue weighted by Crippen LogP contribution is -2.35. The van der Waals surface area contributed by atoms with Crippen molar-refractivity contribution in [2.75, 3.05) is 11.9 Å². The molecule has 0 bridgehead atoms. The van der Waals surface area contributed by atoms with Gasteiger partial charge in [-0.3, -0.25) is 4.79 Å². The van der Waals surface area contributed by atoms with Gasteiger partial charge in [0.15, 0.2) is 0 Å². The molecule has 1 amide bonds. The fraction of sp³-hybridized carbons (Fsp3) is 0.250. The summed E-state index contributed by atoms with van der Waals surface area (Å²) in [7, 11) is 0. The van der Waals surface area contributed by atoms with Crippen LogP contribution in [0.2, 0.25) is 0 Å². The lowest BCUT2D eigenvalue weighted by Gasteiger charge is -2.17. The highest BCUT2D eigenvalue weighted by Gasteiger charge is 2.31. The number of carbonyl (C=O) groups is 1. The molecule has 0 saturated carbocycles. The van der Waals surface area contributed by atoms with Crippen molar-refractivity contribution in [3.8, 4) is 17.0 Å². The zero-order valence-corrected chi connectivity index (χ0v) is 16.2. The topological polar surface area (TPSA) is 81.1 Å². The third kappa shape index (κ3) is 3.80. The van der Waals surface area contributed by atoms with E-state index in [1.807, 2.05) is 18.4 Å². The second kappa shape index (κ2) is 7.36. The van der Waals surface area contributed by atoms with Crippen LogP contribution in [0.15, 0.2) is 36.5 Å². The summed E-state index contributed by atoms with van der Waals surface area (Å²) >= 11 is 0. The zero-order chi connectivity index (χ0) is 21.5. The van der Waals surface area contributed by atoms with Gasteiger partial charge in [-0.15, -0.1) is 13.2 Å². The summed E-state index contributed by atoms with van der Waals surface area (Å²) in [5.74, 6) is -0.141. The Morgan fingerprint density at radius 1 is 1.17 bits per heavy atom. The molecule has 1 aromatic carbocycles. The van der Waals surface area contributed by atoms with E-state index in [1.54, 1.807) is 12.3 Å². The van der Waals surface area contributed by atoms with E-state index in [1.165, 1.54) is 24.3 Å². The molecule has 0 spiro atoms. The molecule has 0 radical (unpaired) electrons. The number of ether oxygens (including phenoxy) is 1. The van der Waals surface area contributed by atoms with Gasteiger partial charge in [-0.2, -0.15) is 0 Å². The first-order valence-electron chi connectivity index (χ1n) is 9.17. The first-order valence-corrected chi connectivity index (χ1v) is 9.17. The highest BCUT2D eigenvalue weighted by atomic mass is 19.4. The molecule has 0 atom stereocenters. The van der Waals surface area contributed by atoms with Crippen LogP contribution in [0.4, 0.5) is 24.8 Å². The van der Waals surface area contributed by atoms with Crippen molar-refractivity contribution in [3.05, 3.63) is 53.5 Å². The number of nitrogens with zero attached hydrogens (tertiary/aromatic N) is 3. The monoisotopic (exact) mass is 417 g/mol. The predicted molar refractivity (Wildman–Crippen MR) is 104 cm³/mol. The average molecular weight is 417 g/mol. The van der Waals surface area contributed by atoms with Crippen LogP contribution in [-0.4, -0.2) is 33.3 Å². The summed E-state index contributed by atoms with van der Waals surface area (Å²) in [5, 5.41) is 5.82. The fourth-order valence-corrected chi connectivity index (χ4v) is 3.64. The first kappa shape index (κ1) is 19.7. The Morgan fingerprint density at radius 2 is 1.90 bits per heavy atom. The Kier molecular flexibility index (Phi) is 4.84. The van der Waals surface area contributed by atoms with Gasteiger partial charge < -0.3 is 19.9 Å². The molecular weight excluding hydrogens is 399 g/mol. The van der Waals surface area contributed by atoms with E-state index < -0.39 is 6.36 Å². The predicted octanol–water partition coefficient (Wildman–Crippen LogP) is 3.95. The first-order chi connectivity index (χ1) is 14.2. The van der Waals surface area contributed by atoms with E-state index in [0.717, 1.165) is 16.8 Å². The number of hydrogen-bond acceptors (Lipinski definition) is 5. The number of rotatable bonds is 4. The Bertz CT molecular complexity index is 1110. The molecular formula is C20H18F3N5O2. The van der Waals surface area contributed by atoms with Crippen LogP contribution in [-0.2, 0) is 6.54 Å². The number of carbonyl (C=O) groups excluding carboxylic acids is 1. The van der Waals surface area contributed by atoms with Gasteiger partial charge in [0, 0.05) is 36.2 Å². The molecule has 10 heteroatoms. The number of fused-ring (bicyclic) bond motifs is 1. The number of nitrogens with one attached hydrogen (secondary N) is 2. The Hall–Kier alpha value is -3.56. The van der Waals surface area contributed by atoms with Crippen LogP contribution in [0, 0.1) is 13.8 Å². The molecule has 2 N–H and O–H groups in total. The number of alkyl halides is 3. The van der Waals surface area contributed by atoms with Crippen LogP contribution < -0.4 is 15.4 Å². The quantitative estimate of drug-likeness (QED) is 0.672. The lowest BCUT2D eigenvalue weighted by atomic mass is 10.1. The van der Waals surface area contributed by atoms with Crippen LogP contribution in [0.3, 0.4) is 0 Å². The van der Waals surface area contributed by atoms with Crippen LogP contribution >= 0.6 is 0 Å². The number of anilines is 2. The van der Waals surface area contributed by atoms with Gasteiger partial charge in [0.2, 0.25) is 5.95 Å². The van der Waals surface area contributed by atoms with E-state index in [9.17, 15) is 18.0 Å². The second-order valence-corrected chi connectivity index (χ2v) is 6.80. The van der Waals surface area contributed by atoms with Crippen molar-refractivity contribution in [1.82, 2.24) is 19.9 Å². The number of benzene rings is 1. The van der Waals surface area contributed by atoms with Crippen molar-refractivity contribution in [3.63, 3.8) is 0 Å². The third-order valence-corrected chi connectivity index (χ3v) is 4.86. The van der Waals surface area contributed by atoms with E-state index in [-0.39, 0.29) is 17.6 Å². The largest absolute Gasteiger partial charge is 0.573 e. The third-order valence-electron chi connectivity index (χ3n) is 4.86. The molecule has 0 unspecified atom stereocenters. The van der Waals surface area contributed by atoms with E-state index in [2.05, 4.69) is 25.3 Å². The highest BCUT2D eigenvalue weighted by Crippen LogP contribution is 2.32. The van der Waals surface area contributed by atoms with Gasteiger partial charge in [-0.1, -0.05) is 0 Å². The van der Waals surface area contributed by atoms with Gasteiger partial charge >= 0.3 is 6.36 Å². The maximum absolute atomic E-state index is 12.3. The number of hydrogen-bond donors (Lipinski definition) is 2. The average Bonchev–Trinajstić information content (AvgIpc) is 2.94. The normalized spacial score (nSPS) is 13.6.